The van der Waals surface area contributed by atoms with Crippen LogP contribution in [0.1, 0.15) is 45.4 Å². The fourth-order valence-corrected chi connectivity index (χ4v) is 2.54. The summed E-state index contributed by atoms with van der Waals surface area (Å²) in [4.78, 5) is 15.3. The summed E-state index contributed by atoms with van der Waals surface area (Å²) >= 11 is 0. The third kappa shape index (κ3) is 5.81. The molecule has 1 aliphatic heterocycles. The molecule has 0 aromatic rings. The van der Waals surface area contributed by atoms with Crippen LogP contribution >= 0.6 is 0 Å². The maximum Gasteiger partial charge on any atom is 0.232 e. The minimum atomic E-state index is -1.09. The fraction of sp³-hybridized carbons (Fsp3) is 0.625. The van der Waals surface area contributed by atoms with Crippen molar-refractivity contribution in [3.05, 3.63) is 24.6 Å². The number of carboxylic acids is 1. The maximum atomic E-state index is 11.0. The first kappa shape index (κ1) is 17.6. The fourth-order valence-electron chi connectivity index (χ4n) is 2.54. The number of carbonyl (C=O) groups is 1. The van der Waals surface area contributed by atoms with Crippen molar-refractivity contribution in [1.82, 2.24) is 0 Å². The molecular formula is C16H27N3O2. The lowest BCUT2D eigenvalue weighted by Gasteiger charge is -2.31. The van der Waals surface area contributed by atoms with E-state index in [1.165, 1.54) is 25.7 Å². The zero-order chi connectivity index (χ0) is 15.6. The molecule has 118 valence electrons. The Kier molecular flexibility index (Phi) is 7.93. The lowest BCUT2D eigenvalue weighted by Crippen LogP contribution is -2.54. The molecule has 0 fully saturated rings. The highest BCUT2D eigenvalue weighted by molar-refractivity contribution is 5.90. The average Bonchev–Trinajstić information content (AvgIpc) is 2.80. The van der Waals surface area contributed by atoms with E-state index in [1.54, 1.807) is 12.4 Å². The molecule has 0 spiro atoms. The van der Waals surface area contributed by atoms with Gasteiger partial charge < -0.3 is 15.6 Å². The van der Waals surface area contributed by atoms with Gasteiger partial charge in [-0.2, -0.15) is 4.99 Å². The summed E-state index contributed by atoms with van der Waals surface area (Å²) < 4.78 is 0.158. The van der Waals surface area contributed by atoms with E-state index in [0.717, 1.165) is 18.7 Å². The van der Waals surface area contributed by atoms with Gasteiger partial charge >= 0.3 is 0 Å². The van der Waals surface area contributed by atoms with Crippen LogP contribution in [0, 0.1) is 0 Å². The highest BCUT2D eigenvalue weighted by Gasteiger charge is 2.33. The minimum Gasteiger partial charge on any atom is -0.544 e. The standard InChI is InChI=1S/C16H27N3O2/c1-2-3-4-5-6-7-8-9-15-18-11-13-19(15,12-10-17)14-16(20)21/h8-9,11,13H,2-7,10,12,14,17H2,1H3/b9-8+. The molecule has 0 aromatic carbocycles. The summed E-state index contributed by atoms with van der Waals surface area (Å²) in [5.41, 5.74) is 5.61. The Hall–Kier alpha value is -1.46. The van der Waals surface area contributed by atoms with Crippen LogP contribution in [0.15, 0.2) is 29.5 Å². The number of hydrogen-bond acceptors (Lipinski definition) is 4. The normalized spacial score (nSPS) is 21.1. The van der Waals surface area contributed by atoms with Crippen molar-refractivity contribution in [2.24, 2.45) is 10.7 Å². The second-order valence-corrected chi connectivity index (χ2v) is 5.47. The molecule has 5 heteroatoms. The predicted octanol–water partition coefficient (Wildman–Crippen LogP) is 1.31. The first-order valence-corrected chi connectivity index (χ1v) is 7.84. The van der Waals surface area contributed by atoms with Crippen molar-refractivity contribution < 1.29 is 14.4 Å². The predicted molar refractivity (Wildman–Crippen MR) is 83.1 cm³/mol. The zero-order valence-corrected chi connectivity index (χ0v) is 13.0. The van der Waals surface area contributed by atoms with E-state index >= 15 is 0 Å². The number of quaternary nitrogens is 1. The van der Waals surface area contributed by atoms with Crippen LogP contribution in [0.5, 0.6) is 0 Å². The number of rotatable bonds is 11. The molecule has 0 radical (unpaired) electrons. The number of amidine groups is 1. The van der Waals surface area contributed by atoms with Crippen LogP contribution in [0.4, 0.5) is 0 Å². The van der Waals surface area contributed by atoms with Gasteiger partial charge in [0.2, 0.25) is 5.84 Å². The molecule has 0 saturated carbocycles. The van der Waals surface area contributed by atoms with E-state index in [0.29, 0.717) is 13.1 Å². The van der Waals surface area contributed by atoms with Crippen LogP contribution in [0.25, 0.3) is 0 Å². The van der Waals surface area contributed by atoms with Crippen LogP contribution in [-0.2, 0) is 4.79 Å². The number of aliphatic carboxylic acids is 1. The highest BCUT2D eigenvalue weighted by Crippen LogP contribution is 2.17. The van der Waals surface area contributed by atoms with E-state index in [1.807, 2.05) is 6.08 Å². The summed E-state index contributed by atoms with van der Waals surface area (Å²) in [5.74, 6) is -0.353. The molecule has 0 amide bonds. The Morgan fingerprint density at radius 2 is 2.14 bits per heavy atom. The Labute approximate surface area is 127 Å². The summed E-state index contributed by atoms with van der Waals surface area (Å²) in [7, 11) is 0. The summed E-state index contributed by atoms with van der Waals surface area (Å²) in [5, 5.41) is 11.0. The molecule has 1 aliphatic rings. The van der Waals surface area contributed by atoms with E-state index < -0.39 is 5.97 Å². The highest BCUT2D eigenvalue weighted by atomic mass is 16.4. The van der Waals surface area contributed by atoms with Gasteiger partial charge in [-0.25, -0.2) is 4.48 Å². The molecule has 5 nitrogen and oxygen atoms in total. The van der Waals surface area contributed by atoms with Gasteiger partial charge in [0, 0.05) is 12.6 Å². The van der Waals surface area contributed by atoms with Gasteiger partial charge in [-0.3, -0.25) is 0 Å². The van der Waals surface area contributed by atoms with E-state index in [9.17, 15) is 9.90 Å². The molecule has 1 unspecified atom stereocenters. The van der Waals surface area contributed by atoms with Crippen molar-refractivity contribution in [2.45, 2.75) is 45.4 Å². The second kappa shape index (κ2) is 9.47. The Bertz CT molecular complexity index is 416. The van der Waals surface area contributed by atoms with Crippen LogP contribution < -0.4 is 10.8 Å². The Balaban J connectivity index is 2.50. The number of carboxylic acid groups (broad SMARTS) is 1. The van der Waals surface area contributed by atoms with Gasteiger partial charge in [-0.15, -0.1) is 0 Å². The van der Waals surface area contributed by atoms with Crippen molar-refractivity contribution in [2.75, 3.05) is 19.6 Å². The number of nitrogens with two attached hydrogens (primary N) is 1. The van der Waals surface area contributed by atoms with Gasteiger partial charge in [0.05, 0.1) is 12.2 Å². The first-order valence-electron chi connectivity index (χ1n) is 7.84. The summed E-state index contributed by atoms with van der Waals surface area (Å²) in [6.45, 7) is 3.01. The van der Waals surface area contributed by atoms with E-state index in [-0.39, 0.29) is 11.0 Å². The molecule has 1 rings (SSSR count). The summed E-state index contributed by atoms with van der Waals surface area (Å²) in [6, 6.07) is 0. The Morgan fingerprint density at radius 3 is 2.81 bits per heavy atom. The van der Waals surface area contributed by atoms with Gasteiger partial charge in [0.15, 0.2) is 0 Å². The maximum absolute atomic E-state index is 11.0. The van der Waals surface area contributed by atoms with E-state index in [4.69, 9.17) is 5.73 Å². The minimum absolute atomic E-state index is 0.118. The smallest absolute Gasteiger partial charge is 0.232 e. The van der Waals surface area contributed by atoms with Gasteiger partial charge in [0.1, 0.15) is 19.3 Å². The Morgan fingerprint density at radius 1 is 1.38 bits per heavy atom. The second-order valence-electron chi connectivity index (χ2n) is 5.47. The monoisotopic (exact) mass is 293 g/mol. The number of nitrogens with zero attached hydrogens (tertiary/aromatic N) is 2. The number of carbonyl (C=O) groups excluding carboxylic acids is 1. The molecule has 2 N–H and O–H groups in total. The van der Waals surface area contributed by atoms with Crippen molar-refractivity contribution in [3.63, 3.8) is 0 Å². The van der Waals surface area contributed by atoms with Crippen molar-refractivity contribution in [3.8, 4) is 0 Å². The molecule has 1 atom stereocenters. The lowest BCUT2D eigenvalue weighted by atomic mass is 10.1. The quantitative estimate of drug-likeness (QED) is 0.461. The third-order valence-corrected chi connectivity index (χ3v) is 3.70. The van der Waals surface area contributed by atoms with Crippen molar-refractivity contribution >= 4 is 11.8 Å². The van der Waals surface area contributed by atoms with Gasteiger partial charge in [0.25, 0.3) is 0 Å². The molecule has 0 saturated heterocycles. The molecule has 21 heavy (non-hydrogen) atoms. The first-order chi connectivity index (χ1) is 10.1. The van der Waals surface area contributed by atoms with Crippen LogP contribution in [0.3, 0.4) is 0 Å². The number of allylic oxidation sites excluding steroid dienone is 1. The lowest BCUT2D eigenvalue weighted by molar-refractivity contribution is -0.778. The van der Waals surface area contributed by atoms with Crippen molar-refractivity contribution in [1.29, 1.82) is 0 Å². The number of aliphatic imine (C=N–C) groups is 1. The molecule has 0 aromatic heterocycles. The number of hydrogen-bond donors (Lipinski definition) is 1. The molecular weight excluding hydrogens is 266 g/mol. The van der Waals surface area contributed by atoms with Crippen LogP contribution in [-0.4, -0.2) is 35.9 Å². The molecule has 1 heterocycles. The summed E-state index contributed by atoms with van der Waals surface area (Å²) in [6.07, 6.45) is 14.7. The third-order valence-electron chi connectivity index (χ3n) is 3.70. The zero-order valence-electron chi connectivity index (χ0n) is 13.0. The topological polar surface area (TPSA) is 78.5 Å². The average molecular weight is 293 g/mol. The van der Waals surface area contributed by atoms with Crippen LogP contribution in [0.2, 0.25) is 0 Å². The van der Waals surface area contributed by atoms with Gasteiger partial charge in [-0.05, 0) is 12.8 Å². The SMILES string of the molecule is CCCCCCC/C=C/C1=NC=C[N+]1(CCN)CC(=O)[O-]. The molecule has 0 bridgehead atoms. The number of unbranched alkanes of at least 4 members (excludes halogenated alkanes) is 5. The largest absolute Gasteiger partial charge is 0.544 e. The van der Waals surface area contributed by atoms with Gasteiger partial charge in [-0.1, -0.05) is 38.7 Å². The molecule has 0 aliphatic carbocycles. The van der Waals surface area contributed by atoms with E-state index in [2.05, 4.69) is 18.0 Å².